The number of aryl methyl sites for hydroxylation is 3. The van der Waals surface area contributed by atoms with Gasteiger partial charge in [-0.1, -0.05) is 55.8 Å². The molecule has 2 aromatic heterocycles. The third-order valence-electron chi connectivity index (χ3n) is 9.56. The number of hydrogen-bond acceptors (Lipinski definition) is 4. The lowest BCUT2D eigenvalue weighted by Gasteiger charge is -2.40. The van der Waals surface area contributed by atoms with Crippen LogP contribution in [-0.2, 0) is 10.3 Å². The molecule has 3 heterocycles. The van der Waals surface area contributed by atoms with E-state index in [4.69, 9.17) is 19.5 Å². The van der Waals surface area contributed by atoms with Gasteiger partial charge in [0.1, 0.15) is 22.7 Å². The average molecular weight is 594 g/mol. The van der Waals surface area contributed by atoms with Crippen LogP contribution in [0.15, 0.2) is 108 Å². The fourth-order valence-electron chi connectivity index (χ4n) is 6.75. The van der Waals surface area contributed by atoms with Crippen molar-refractivity contribution in [3.63, 3.8) is 0 Å². The molecule has 0 radical (unpaired) electrons. The van der Waals surface area contributed by atoms with Gasteiger partial charge in [-0.3, -0.25) is 4.57 Å². The van der Waals surface area contributed by atoms with Gasteiger partial charge in [0.15, 0.2) is 5.60 Å². The van der Waals surface area contributed by atoms with Crippen LogP contribution < -0.4 is 4.74 Å². The number of fused-ring (bicyclic) bond motifs is 3. The molecule has 0 fully saturated rings. The predicted octanol–water partition coefficient (Wildman–Crippen LogP) is 10.0. The number of aromatic nitrogens is 2. The van der Waals surface area contributed by atoms with Crippen molar-refractivity contribution in [1.82, 2.24) is 9.55 Å². The fourth-order valence-corrected chi connectivity index (χ4v) is 6.75. The van der Waals surface area contributed by atoms with Crippen molar-refractivity contribution in [2.75, 3.05) is 0 Å². The molecule has 0 bridgehead atoms. The Hall–Kier alpha value is -4.90. The first-order valence-corrected chi connectivity index (χ1v) is 15.7. The number of hydrogen-bond donors (Lipinski definition) is 0. The molecule has 1 aliphatic heterocycles. The second-order valence-corrected chi connectivity index (χ2v) is 13.1. The molecule has 0 unspecified atom stereocenters. The zero-order valence-electron chi connectivity index (χ0n) is 27.1. The molecular formula is C40H39N3O2. The van der Waals surface area contributed by atoms with Gasteiger partial charge >= 0.3 is 0 Å². The molecule has 45 heavy (non-hydrogen) atoms. The highest BCUT2D eigenvalue weighted by Crippen LogP contribution is 2.49. The Morgan fingerprint density at radius 1 is 0.733 bits per heavy atom. The van der Waals surface area contributed by atoms with E-state index in [9.17, 15) is 0 Å². The monoisotopic (exact) mass is 593 g/mol. The van der Waals surface area contributed by atoms with Crippen LogP contribution in [0.25, 0.3) is 27.6 Å². The summed E-state index contributed by atoms with van der Waals surface area (Å²) in [7, 11) is 0. The second-order valence-electron chi connectivity index (χ2n) is 13.1. The van der Waals surface area contributed by atoms with Crippen molar-refractivity contribution < 1.29 is 9.47 Å². The van der Waals surface area contributed by atoms with Gasteiger partial charge in [0, 0.05) is 28.6 Å². The summed E-state index contributed by atoms with van der Waals surface area (Å²) >= 11 is 0. The van der Waals surface area contributed by atoms with Gasteiger partial charge in [-0.05, 0) is 112 Å². The summed E-state index contributed by atoms with van der Waals surface area (Å²) in [5.41, 5.74) is 7.42. The molecule has 0 amide bonds. The summed E-state index contributed by atoms with van der Waals surface area (Å²) in [4.78, 5) is 10.1. The maximum atomic E-state index is 6.82. The molecule has 7 rings (SSSR count). The molecule has 2 atom stereocenters. The van der Waals surface area contributed by atoms with Gasteiger partial charge in [0.2, 0.25) is 5.90 Å². The molecule has 0 N–H and O–H groups in total. The highest BCUT2D eigenvalue weighted by atomic mass is 16.5. The Kier molecular flexibility index (Phi) is 6.81. The fraction of sp³-hybridized carbons (Fsp3) is 0.250. The van der Waals surface area contributed by atoms with Crippen LogP contribution >= 0.6 is 0 Å². The number of rotatable bonds is 6. The van der Waals surface area contributed by atoms with E-state index in [0.717, 1.165) is 56.0 Å². The maximum Gasteiger partial charge on any atom is 0.217 e. The first-order valence-electron chi connectivity index (χ1n) is 15.7. The van der Waals surface area contributed by atoms with E-state index in [2.05, 4.69) is 132 Å². The van der Waals surface area contributed by atoms with Gasteiger partial charge in [-0.25, -0.2) is 9.98 Å². The van der Waals surface area contributed by atoms with Crippen LogP contribution in [0, 0.1) is 26.7 Å². The van der Waals surface area contributed by atoms with Crippen molar-refractivity contribution in [3.8, 4) is 17.2 Å². The van der Waals surface area contributed by atoms with Crippen molar-refractivity contribution in [2.24, 2.45) is 10.9 Å². The molecule has 4 aromatic carbocycles. The molecule has 0 spiro atoms. The molecule has 5 heteroatoms. The Balaban J connectivity index is 1.28. The van der Waals surface area contributed by atoms with E-state index in [1.807, 2.05) is 24.4 Å². The Labute approximate surface area is 265 Å². The zero-order valence-corrected chi connectivity index (χ0v) is 27.1. The third kappa shape index (κ3) is 4.78. The summed E-state index contributed by atoms with van der Waals surface area (Å²) in [6.45, 7) is 15.1. The molecule has 0 saturated heterocycles. The smallest absolute Gasteiger partial charge is 0.217 e. The standard InChI is InChI=1S/C40H39N3O2/c1-25(2)39(6)40(7,30-12-9-8-10-13-30)45-38(42-39)29-18-27(4)20-32(23-29)44-33-21-28(5)19-31(24-33)43-36-16-15-26(3)22-35(36)34-14-11-17-41-37(34)43/h8-25H,1-7H3/t39-,40-/m1/s1. The highest BCUT2D eigenvalue weighted by molar-refractivity contribution is 6.08. The SMILES string of the molecule is Cc1cc(Oc2cc(C)cc(-n3c4ccc(C)cc4c4cccnc43)c2)cc(C2=N[C@](C)(C(C)C)[C@@](C)(c3ccccc3)O2)c1. The molecule has 0 saturated carbocycles. The second kappa shape index (κ2) is 10.6. The first kappa shape index (κ1) is 28.8. The van der Waals surface area contributed by atoms with E-state index in [1.54, 1.807) is 0 Å². The van der Waals surface area contributed by atoms with Crippen molar-refractivity contribution in [3.05, 3.63) is 131 Å². The summed E-state index contributed by atoms with van der Waals surface area (Å²) in [6.07, 6.45) is 1.85. The van der Waals surface area contributed by atoms with Crippen LogP contribution in [0.5, 0.6) is 11.5 Å². The Morgan fingerprint density at radius 3 is 2.22 bits per heavy atom. The van der Waals surface area contributed by atoms with E-state index >= 15 is 0 Å². The zero-order chi connectivity index (χ0) is 31.5. The minimum absolute atomic E-state index is 0.255. The van der Waals surface area contributed by atoms with Gasteiger partial charge in [-0.2, -0.15) is 0 Å². The number of ether oxygens (including phenoxy) is 2. The highest BCUT2D eigenvalue weighted by Gasteiger charge is 2.55. The largest absolute Gasteiger partial charge is 0.464 e. The lowest BCUT2D eigenvalue weighted by Crippen LogP contribution is -2.47. The summed E-state index contributed by atoms with van der Waals surface area (Å²) in [6, 6.07) is 33.7. The lowest BCUT2D eigenvalue weighted by molar-refractivity contribution is 0.00857. The molecule has 1 aliphatic rings. The maximum absolute atomic E-state index is 6.82. The van der Waals surface area contributed by atoms with E-state index in [-0.39, 0.29) is 5.92 Å². The van der Waals surface area contributed by atoms with Crippen molar-refractivity contribution >= 4 is 27.8 Å². The van der Waals surface area contributed by atoms with E-state index in [0.29, 0.717) is 5.90 Å². The minimum Gasteiger partial charge on any atom is -0.464 e. The van der Waals surface area contributed by atoms with Gasteiger partial charge in [0.05, 0.1) is 11.2 Å². The molecule has 226 valence electrons. The van der Waals surface area contributed by atoms with Gasteiger partial charge < -0.3 is 9.47 Å². The van der Waals surface area contributed by atoms with Crippen LogP contribution in [0.2, 0.25) is 0 Å². The summed E-state index contributed by atoms with van der Waals surface area (Å²) < 4.78 is 15.7. The van der Waals surface area contributed by atoms with E-state index in [1.165, 1.54) is 10.9 Å². The van der Waals surface area contributed by atoms with Gasteiger partial charge in [0.25, 0.3) is 0 Å². The first-order chi connectivity index (χ1) is 21.6. The van der Waals surface area contributed by atoms with E-state index < -0.39 is 11.1 Å². The van der Waals surface area contributed by atoms with Gasteiger partial charge in [-0.15, -0.1) is 0 Å². The number of nitrogens with zero attached hydrogens (tertiary/aromatic N) is 3. The third-order valence-corrected chi connectivity index (χ3v) is 9.56. The van der Waals surface area contributed by atoms with Crippen LogP contribution in [0.1, 0.15) is 55.5 Å². The summed E-state index contributed by atoms with van der Waals surface area (Å²) in [5, 5.41) is 2.33. The minimum atomic E-state index is -0.608. The molecule has 6 aromatic rings. The Bertz CT molecular complexity index is 2110. The molecular weight excluding hydrogens is 554 g/mol. The molecule has 0 aliphatic carbocycles. The lowest BCUT2D eigenvalue weighted by atomic mass is 9.72. The molecule has 5 nitrogen and oxygen atoms in total. The normalized spacial score (nSPS) is 19.7. The number of benzene rings is 4. The number of aliphatic imine (C=N–C) groups is 1. The van der Waals surface area contributed by atoms with Crippen LogP contribution in [0.3, 0.4) is 0 Å². The number of pyridine rings is 1. The van der Waals surface area contributed by atoms with Crippen LogP contribution in [0.4, 0.5) is 0 Å². The van der Waals surface area contributed by atoms with Crippen molar-refractivity contribution in [1.29, 1.82) is 0 Å². The predicted molar refractivity (Wildman–Crippen MR) is 184 cm³/mol. The Morgan fingerprint density at radius 2 is 1.47 bits per heavy atom. The topological polar surface area (TPSA) is 48.6 Å². The summed E-state index contributed by atoms with van der Waals surface area (Å²) in [5.74, 6) is 2.40. The quantitative estimate of drug-likeness (QED) is 0.193. The van der Waals surface area contributed by atoms with Crippen LogP contribution in [-0.4, -0.2) is 21.0 Å². The average Bonchev–Trinajstić information content (AvgIpc) is 3.49. The van der Waals surface area contributed by atoms with Crippen molar-refractivity contribution in [2.45, 2.75) is 59.6 Å².